The molecule has 2 N–H and O–H groups in total. The van der Waals surface area contributed by atoms with Crippen molar-refractivity contribution in [2.75, 3.05) is 6.61 Å². The summed E-state index contributed by atoms with van der Waals surface area (Å²) in [5.74, 6) is 1.77. The van der Waals surface area contributed by atoms with Crippen LogP contribution in [-0.4, -0.2) is 6.61 Å². The van der Waals surface area contributed by atoms with Gasteiger partial charge in [0.25, 0.3) is 0 Å². The highest BCUT2D eigenvalue weighted by Gasteiger charge is 2.21. The van der Waals surface area contributed by atoms with Gasteiger partial charge >= 0.3 is 0 Å². The molecule has 0 bridgehead atoms. The van der Waals surface area contributed by atoms with E-state index in [2.05, 4.69) is 0 Å². The molecular formula is C12H17NO. The van der Waals surface area contributed by atoms with Crippen molar-refractivity contribution in [3.8, 4) is 5.75 Å². The summed E-state index contributed by atoms with van der Waals surface area (Å²) in [6, 6.07) is 8.18. The first-order chi connectivity index (χ1) is 6.75. The van der Waals surface area contributed by atoms with Gasteiger partial charge < -0.3 is 10.5 Å². The van der Waals surface area contributed by atoms with Crippen LogP contribution in [0.4, 0.5) is 0 Å². The minimum absolute atomic E-state index is 0.104. The lowest BCUT2D eigenvalue weighted by Crippen LogP contribution is -2.05. The second-order valence-corrected chi connectivity index (χ2v) is 4.11. The zero-order valence-electron chi connectivity index (χ0n) is 8.57. The van der Waals surface area contributed by atoms with Gasteiger partial charge in [0.05, 0.1) is 6.61 Å². The predicted molar refractivity (Wildman–Crippen MR) is 57.3 cm³/mol. The number of benzene rings is 1. The lowest BCUT2D eigenvalue weighted by atomic mass is 10.1. The first-order valence-electron chi connectivity index (χ1n) is 5.24. The highest BCUT2D eigenvalue weighted by molar-refractivity contribution is 5.28. The monoisotopic (exact) mass is 191 g/mol. The van der Waals surface area contributed by atoms with E-state index < -0.39 is 0 Å². The van der Waals surface area contributed by atoms with E-state index in [4.69, 9.17) is 10.5 Å². The minimum atomic E-state index is 0.104. The average molecular weight is 191 g/mol. The largest absolute Gasteiger partial charge is 0.493 e. The van der Waals surface area contributed by atoms with Crippen molar-refractivity contribution in [2.45, 2.75) is 25.8 Å². The van der Waals surface area contributed by atoms with Gasteiger partial charge in [-0.1, -0.05) is 12.1 Å². The molecule has 14 heavy (non-hydrogen) atoms. The Labute approximate surface area is 85.1 Å². The molecule has 76 valence electrons. The summed E-state index contributed by atoms with van der Waals surface area (Å²) in [7, 11) is 0. The van der Waals surface area contributed by atoms with Crippen LogP contribution in [0.5, 0.6) is 5.75 Å². The molecular weight excluding hydrogens is 174 g/mol. The van der Waals surface area contributed by atoms with Gasteiger partial charge in [0.2, 0.25) is 0 Å². The highest BCUT2D eigenvalue weighted by Crippen LogP contribution is 2.29. The first-order valence-corrected chi connectivity index (χ1v) is 5.24. The Morgan fingerprint density at radius 2 is 2.00 bits per heavy atom. The van der Waals surface area contributed by atoms with Crippen LogP contribution in [0.1, 0.15) is 31.4 Å². The zero-order valence-corrected chi connectivity index (χ0v) is 8.57. The van der Waals surface area contributed by atoms with Crippen molar-refractivity contribution in [3.63, 3.8) is 0 Å². The number of ether oxygens (including phenoxy) is 1. The van der Waals surface area contributed by atoms with Crippen molar-refractivity contribution in [2.24, 2.45) is 11.7 Å². The molecule has 1 saturated carbocycles. The average Bonchev–Trinajstić information content (AvgIpc) is 2.99. The fourth-order valence-electron chi connectivity index (χ4n) is 1.37. The van der Waals surface area contributed by atoms with E-state index in [-0.39, 0.29) is 6.04 Å². The molecule has 2 nitrogen and oxygen atoms in total. The maximum atomic E-state index is 5.76. The Morgan fingerprint density at radius 3 is 2.50 bits per heavy atom. The fourth-order valence-corrected chi connectivity index (χ4v) is 1.37. The second-order valence-electron chi connectivity index (χ2n) is 4.11. The maximum Gasteiger partial charge on any atom is 0.119 e. The predicted octanol–water partition coefficient (Wildman–Crippen LogP) is 2.50. The molecule has 2 rings (SSSR count). The van der Waals surface area contributed by atoms with Crippen LogP contribution in [-0.2, 0) is 0 Å². The van der Waals surface area contributed by atoms with E-state index in [0.29, 0.717) is 0 Å². The summed E-state index contributed by atoms with van der Waals surface area (Å²) in [6.45, 7) is 2.86. The van der Waals surface area contributed by atoms with Crippen LogP contribution in [0.15, 0.2) is 24.3 Å². The first kappa shape index (κ1) is 9.53. The summed E-state index contributed by atoms with van der Waals surface area (Å²) in [6.07, 6.45) is 2.66. The number of rotatable bonds is 4. The van der Waals surface area contributed by atoms with Gasteiger partial charge in [-0.3, -0.25) is 0 Å². The van der Waals surface area contributed by atoms with Gasteiger partial charge in [-0.2, -0.15) is 0 Å². The molecule has 1 atom stereocenters. The Hall–Kier alpha value is -1.02. The quantitative estimate of drug-likeness (QED) is 0.793. The minimum Gasteiger partial charge on any atom is -0.493 e. The van der Waals surface area contributed by atoms with Gasteiger partial charge in [0, 0.05) is 6.04 Å². The summed E-state index contributed by atoms with van der Waals surface area (Å²) in [4.78, 5) is 0. The summed E-state index contributed by atoms with van der Waals surface area (Å²) < 4.78 is 5.62. The molecule has 1 aromatic rings. The summed E-state index contributed by atoms with van der Waals surface area (Å²) in [5.41, 5.74) is 6.91. The van der Waals surface area contributed by atoms with E-state index >= 15 is 0 Å². The van der Waals surface area contributed by atoms with Gasteiger partial charge in [-0.25, -0.2) is 0 Å². The van der Waals surface area contributed by atoms with E-state index in [1.807, 2.05) is 31.2 Å². The van der Waals surface area contributed by atoms with E-state index in [1.165, 1.54) is 12.8 Å². The molecule has 0 saturated heterocycles. The Kier molecular flexibility index (Phi) is 2.73. The van der Waals surface area contributed by atoms with Crippen LogP contribution < -0.4 is 10.5 Å². The van der Waals surface area contributed by atoms with Gasteiger partial charge in [0.15, 0.2) is 0 Å². The lowest BCUT2D eigenvalue weighted by Gasteiger charge is -2.08. The van der Waals surface area contributed by atoms with Crippen LogP contribution in [0.3, 0.4) is 0 Å². The molecule has 0 aromatic heterocycles. The van der Waals surface area contributed by atoms with Crippen LogP contribution in [0.25, 0.3) is 0 Å². The van der Waals surface area contributed by atoms with E-state index in [1.54, 1.807) is 0 Å². The third-order valence-electron chi connectivity index (χ3n) is 2.59. The topological polar surface area (TPSA) is 35.2 Å². The van der Waals surface area contributed by atoms with Crippen molar-refractivity contribution < 1.29 is 4.74 Å². The maximum absolute atomic E-state index is 5.76. The van der Waals surface area contributed by atoms with Crippen molar-refractivity contribution in [1.29, 1.82) is 0 Å². The Morgan fingerprint density at radius 1 is 1.36 bits per heavy atom. The summed E-state index contributed by atoms with van der Waals surface area (Å²) in [5, 5.41) is 0. The zero-order chi connectivity index (χ0) is 9.97. The summed E-state index contributed by atoms with van der Waals surface area (Å²) >= 11 is 0. The molecule has 0 spiro atoms. The third-order valence-corrected chi connectivity index (χ3v) is 2.59. The smallest absolute Gasteiger partial charge is 0.119 e. The molecule has 1 fully saturated rings. The Balaban J connectivity index is 1.91. The lowest BCUT2D eigenvalue weighted by molar-refractivity contribution is 0.299. The van der Waals surface area contributed by atoms with Crippen molar-refractivity contribution in [1.82, 2.24) is 0 Å². The molecule has 0 unspecified atom stereocenters. The van der Waals surface area contributed by atoms with Gasteiger partial charge in [0.1, 0.15) is 5.75 Å². The molecule has 1 aromatic carbocycles. The molecule has 0 radical (unpaired) electrons. The third kappa shape index (κ3) is 2.48. The normalized spacial score (nSPS) is 17.9. The van der Waals surface area contributed by atoms with Crippen LogP contribution >= 0.6 is 0 Å². The highest BCUT2D eigenvalue weighted by atomic mass is 16.5. The van der Waals surface area contributed by atoms with Crippen molar-refractivity contribution in [3.05, 3.63) is 29.8 Å². The fraction of sp³-hybridized carbons (Fsp3) is 0.500. The standard InChI is InChI=1S/C12H17NO/c1-9(13)11-4-6-12(7-5-11)14-8-10-2-3-10/h4-7,9-10H,2-3,8,13H2,1H3/t9-/m0/s1. The van der Waals surface area contributed by atoms with Crippen LogP contribution in [0, 0.1) is 5.92 Å². The Bertz CT molecular complexity index is 288. The molecule has 1 aliphatic rings. The van der Waals surface area contributed by atoms with E-state index in [9.17, 15) is 0 Å². The van der Waals surface area contributed by atoms with Gasteiger partial charge in [-0.15, -0.1) is 0 Å². The second kappa shape index (κ2) is 4.01. The van der Waals surface area contributed by atoms with Gasteiger partial charge in [-0.05, 0) is 43.4 Å². The molecule has 1 aliphatic carbocycles. The molecule has 0 heterocycles. The van der Waals surface area contributed by atoms with Crippen molar-refractivity contribution >= 4 is 0 Å². The van der Waals surface area contributed by atoms with Crippen LogP contribution in [0.2, 0.25) is 0 Å². The SMILES string of the molecule is C[C@H](N)c1ccc(OCC2CC2)cc1. The number of hydrogen-bond donors (Lipinski definition) is 1. The molecule has 2 heteroatoms. The van der Waals surface area contributed by atoms with E-state index in [0.717, 1.165) is 23.8 Å². The number of hydrogen-bond acceptors (Lipinski definition) is 2. The molecule has 0 amide bonds. The number of nitrogens with two attached hydrogens (primary N) is 1. The molecule has 0 aliphatic heterocycles.